The van der Waals surface area contributed by atoms with Gasteiger partial charge in [-0.1, -0.05) is 38.1 Å². The summed E-state index contributed by atoms with van der Waals surface area (Å²) in [6.45, 7) is 14.1. The molecule has 1 aliphatic heterocycles. The predicted octanol–water partition coefficient (Wildman–Crippen LogP) is 3.31. The summed E-state index contributed by atoms with van der Waals surface area (Å²) in [5.41, 5.74) is 2.01. The summed E-state index contributed by atoms with van der Waals surface area (Å²) in [7, 11) is 1.79. The first-order valence-electron chi connectivity index (χ1n) is 9.40. The lowest BCUT2D eigenvalue weighted by atomic mass is 9.84. The van der Waals surface area contributed by atoms with Gasteiger partial charge in [-0.15, -0.1) is 0 Å². The molecule has 0 saturated carbocycles. The van der Waals surface area contributed by atoms with Gasteiger partial charge >= 0.3 is 0 Å². The second-order valence-electron chi connectivity index (χ2n) is 7.97. The molecule has 2 rings (SSSR count). The van der Waals surface area contributed by atoms with Gasteiger partial charge in [0.25, 0.3) is 0 Å². The lowest BCUT2D eigenvalue weighted by Gasteiger charge is -2.34. The van der Waals surface area contributed by atoms with E-state index >= 15 is 0 Å². The molecule has 26 heavy (non-hydrogen) atoms. The average molecular weight is 361 g/mol. The molecule has 0 amide bonds. The molecule has 0 bridgehead atoms. The number of nitrogens with one attached hydrogen (secondary N) is 2. The normalized spacial score (nSPS) is 17.2. The largest absolute Gasteiger partial charge is 0.356 e. The van der Waals surface area contributed by atoms with Gasteiger partial charge in [0, 0.05) is 44.7 Å². The minimum Gasteiger partial charge on any atom is -0.356 e. The van der Waals surface area contributed by atoms with Crippen molar-refractivity contribution < 1.29 is 4.39 Å². The molecule has 5 heteroatoms. The number of piperidine rings is 1. The summed E-state index contributed by atoms with van der Waals surface area (Å²) < 4.78 is 13.5. The predicted molar refractivity (Wildman–Crippen MR) is 108 cm³/mol. The molecule has 1 aromatic rings. The molecular formula is C21H33FN4. The zero-order chi connectivity index (χ0) is 19.2. The smallest absolute Gasteiger partial charge is 0.191 e. The second kappa shape index (κ2) is 9.17. The Morgan fingerprint density at radius 1 is 1.35 bits per heavy atom. The highest BCUT2D eigenvalue weighted by atomic mass is 19.1. The van der Waals surface area contributed by atoms with E-state index in [9.17, 15) is 4.39 Å². The Hall–Kier alpha value is -1.88. The van der Waals surface area contributed by atoms with E-state index in [4.69, 9.17) is 0 Å². The number of benzene rings is 1. The maximum Gasteiger partial charge on any atom is 0.191 e. The Labute approximate surface area is 157 Å². The van der Waals surface area contributed by atoms with E-state index < -0.39 is 0 Å². The second-order valence-corrected chi connectivity index (χ2v) is 7.97. The van der Waals surface area contributed by atoms with Crippen molar-refractivity contribution in [3.63, 3.8) is 0 Å². The van der Waals surface area contributed by atoms with Crippen LogP contribution in [0.3, 0.4) is 0 Å². The van der Waals surface area contributed by atoms with Crippen molar-refractivity contribution >= 4 is 5.96 Å². The van der Waals surface area contributed by atoms with Gasteiger partial charge in [-0.25, -0.2) is 4.39 Å². The quantitative estimate of drug-likeness (QED) is 0.464. The van der Waals surface area contributed by atoms with Crippen LogP contribution >= 0.6 is 0 Å². The van der Waals surface area contributed by atoms with E-state index in [0.717, 1.165) is 44.0 Å². The first kappa shape index (κ1) is 20.4. The highest BCUT2D eigenvalue weighted by Gasteiger charge is 2.23. The van der Waals surface area contributed by atoms with Crippen LogP contribution in [0, 0.1) is 5.82 Å². The minimum atomic E-state index is -0.195. The molecule has 0 radical (unpaired) electrons. The summed E-state index contributed by atoms with van der Waals surface area (Å²) in [6, 6.07) is 7.25. The molecule has 0 atom stereocenters. The highest BCUT2D eigenvalue weighted by Crippen LogP contribution is 2.22. The monoisotopic (exact) mass is 360 g/mol. The SMILES string of the molecule is C=C(C)CN1CCC(NC(=NC)NCC(C)(C)c2cccc(F)c2)CC1. The average Bonchev–Trinajstić information content (AvgIpc) is 2.59. The van der Waals surface area contributed by atoms with Crippen LogP contribution in [0.1, 0.15) is 39.2 Å². The van der Waals surface area contributed by atoms with Gasteiger partial charge in [0.15, 0.2) is 5.96 Å². The molecule has 2 N–H and O–H groups in total. The summed E-state index contributed by atoms with van der Waals surface area (Å²) in [5.74, 6) is 0.618. The van der Waals surface area contributed by atoms with Gasteiger partial charge < -0.3 is 10.6 Å². The van der Waals surface area contributed by atoms with Gasteiger partial charge in [0.1, 0.15) is 5.82 Å². The molecule has 144 valence electrons. The fraction of sp³-hybridized carbons (Fsp3) is 0.571. The third-order valence-corrected chi connectivity index (χ3v) is 4.95. The lowest BCUT2D eigenvalue weighted by molar-refractivity contribution is 0.221. The van der Waals surface area contributed by atoms with Crippen LogP contribution in [-0.2, 0) is 5.41 Å². The molecule has 0 spiro atoms. The Morgan fingerprint density at radius 3 is 2.62 bits per heavy atom. The van der Waals surface area contributed by atoms with Crippen LogP contribution in [0.5, 0.6) is 0 Å². The van der Waals surface area contributed by atoms with Crippen molar-refractivity contribution in [1.82, 2.24) is 15.5 Å². The van der Waals surface area contributed by atoms with Crippen LogP contribution in [0.25, 0.3) is 0 Å². The first-order chi connectivity index (χ1) is 12.3. The lowest BCUT2D eigenvalue weighted by Crippen LogP contribution is -2.50. The zero-order valence-corrected chi connectivity index (χ0v) is 16.6. The van der Waals surface area contributed by atoms with Crippen LogP contribution in [0.15, 0.2) is 41.4 Å². The molecule has 1 aliphatic rings. The Morgan fingerprint density at radius 2 is 2.04 bits per heavy atom. The standard InChI is InChI=1S/C21H33FN4/c1-16(2)14-26-11-9-19(10-12-26)25-20(23-5)24-15-21(3,4)17-7-6-8-18(22)13-17/h6-8,13,19H,1,9-12,14-15H2,2-5H3,(H2,23,24,25). The third kappa shape index (κ3) is 6.13. The Balaban J connectivity index is 1.84. The van der Waals surface area contributed by atoms with Crippen molar-refractivity contribution in [3.8, 4) is 0 Å². The number of aliphatic imine (C=N–C) groups is 1. The van der Waals surface area contributed by atoms with Crippen LogP contribution in [0.4, 0.5) is 4.39 Å². The molecule has 4 nitrogen and oxygen atoms in total. The van der Waals surface area contributed by atoms with Gasteiger partial charge in [0.2, 0.25) is 0 Å². The maximum absolute atomic E-state index is 13.5. The third-order valence-electron chi connectivity index (χ3n) is 4.95. The van der Waals surface area contributed by atoms with E-state index in [0.29, 0.717) is 12.6 Å². The van der Waals surface area contributed by atoms with E-state index in [1.165, 1.54) is 11.6 Å². The fourth-order valence-electron chi connectivity index (χ4n) is 3.32. The molecule has 1 fully saturated rings. The Kier molecular flexibility index (Phi) is 7.21. The van der Waals surface area contributed by atoms with Gasteiger partial charge in [-0.2, -0.15) is 0 Å². The Bertz CT molecular complexity index is 631. The van der Waals surface area contributed by atoms with Crippen molar-refractivity contribution in [2.24, 2.45) is 4.99 Å². The summed E-state index contributed by atoms with van der Waals surface area (Å²) in [6.07, 6.45) is 2.20. The number of rotatable bonds is 6. The summed E-state index contributed by atoms with van der Waals surface area (Å²) in [4.78, 5) is 6.80. The number of halogens is 1. The molecule has 1 aromatic carbocycles. The maximum atomic E-state index is 13.5. The summed E-state index contributed by atoms with van der Waals surface area (Å²) >= 11 is 0. The molecule has 0 aliphatic carbocycles. The number of likely N-dealkylation sites (tertiary alicyclic amines) is 1. The molecule has 0 unspecified atom stereocenters. The molecule has 1 saturated heterocycles. The number of nitrogens with zero attached hydrogens (tertiary/aromatic N) is 2. The fourth-order valence-corrected chi connectivity index (χ4v) is 3.32. The van der Waals surface area contributed by atoms with Crippen LogP contribution in [0.2, 0.25) is 0 Å². The summed E-state index contributed by atoms with van der Waals surface area (Å²) in [5, 5.41) is 6.94. The van der Waals surface area contributed by atoms with Crippen molar-refractivity contribution in [2.45, 2.75) is 45.1 Å². The molecular weight excluding hydrogens is 327 g/mol. The number of hydrogen-bond acceptors (Lipinski definition) is 2. The first-order valence-corrected chi connectivity index (χ1v) is 9.40. The molecule has 0 aromatic heterocycles. The van der Waals surface area contributed by atoms with Gasteiger partial charge in [0.05, 0.1) is 0 Å². The highest BCUT2D eigenvalue weighted by molar-refractivity contribution is 5.80. The van der Waals surface area contributed by atoms with E-state index in [1.54, 1.807) is 19.2 Å². The van der Waals surface area contributed by atoms with Gasteiger partial charge in [-0.3, -0.25) is 9.89 Å². The number of hydrogen-bond donors (Lipinski definition) is 2. The van der Waals surface area contributed by atoms with Crippen molar-refractivity contribution in [3.05, 3.63) is 47.8 Å². The number of guanidine groups is 1. The van der Waals surface area contributed by atoms with E-state index in [-0.39, 0.29) is 11.2 Å². The van der Waals surface area contributed by atoms with Crippen LogP contribution in [-0.4, -0.2) is 50.1 Å². The topological polar surface area (TPSA) is 39.7 Å². The molecule has 1 heterocycles. The van der Waals surface area contributed by atoms with Gasteiger partial charge in [-0.05, 0) is 37.5 Å². The zero-order valence-electron chi connectivity index (χ0n) is 16.6. The van der Waals surface area contributed by atoms with E-state index in [1.807, 2.05) is 6.07 Å². The van der Waals surface area contributed by atoms with Crippen molar-refractivity contribution in [1.29, 1.82) is 0 Å². The van der Waals surface area contributed by atoms with E-state index in [2.05, 4.69) is 47.9 Å². The van der Waals surface area contributed by atoms with Crippen molar-refractivity contribution in [2.75, 3.05) is 33.2 Å². The van der Waals surface area contributed by atoms with Crippen LogP contribution < -0.4 is 10.6 Å². The minimum absolute atomic E-state index is 0.190.